The zero-order chi connectivity index (χ0) is 17.9. The number of carbonyl (C=O) groups is 2. The van der Waals surface area contributed by atoms with Gasteiger partial charge in [-0.25, -0.2) is 0 Å². The van der Waals surface area contributed by atoms with Gasteiger partial charge < -0.3 is 14.8 Å². The molecule has 5 heteroatoms. The second-order valence-electron chi connectivity index (χ2n) is 5.50. The number of hydrogen-bond donors (Lipinski definition) is 1. The number of benzene rings is 2. The van der Waals surface area contributed by atoms with Crippen LogP contribution in [0, 0.1) is 0 Å². The molecule has 25 heavy (non-hydrogen) atoms. The van der Waals surface area contributed by atoms with Gasteiger partial charge in [0.2, 0.25) is 5.78 Å². The quantitative estimate of drug-likeness (QED) is 0.533. The molecule has 1 amide bonds. The number of amides is 1. The van der Waals surface area contributed by atoms with E-state index in [1.54, 1.807) is 0 Å². The van der Waals surface area contributed by atoms with Crippen molar-refractivity contribution in [2.75, 3.05) is 26.9 Å². The highest BCUT2D eigenvalue weighted by molar-refractivity contribution is 6.36. The minimum absolute atomic E-state index is 0.179. The fraction of sp³-hybridized carbons (Fsp3) is 0.300. The number of nitrogens with one attached hydrogen (secondary N) is 1. The third-order valence-electron chi connectivity index (χ3n) is 3.63. The molecule has 0 fully saturated rings. The first-order valence-electron chi connectivity index (χ1n) is 8.31. The molecular weight excluding hydrogens is 318 g/mol. The van der Waals surface area contributed by atoms with Crippen molar-refractivity contribution in [1.29, 1.82) is 0 Å². The molecule has 0 bridgehead atoms. The molecule has 0 aliphatic heterocycles. The summed E-state index contributed by atoms with van der Waals surface area (Å²) in [5, 5.41) is 2.27. The highest BCUT2D eigenvalue weighted by Gasteiger charge is 2.10. The molecule has 0 radical (unpaired) electrons. The molecule has 0 atom stereocenters. The molecule has 2 aromatic rings. The molecule has 0 aliphatic carbocycles. The lowest BCUT2D eigenvalue weighted by molar-refractivity contribution is -0.140. The Morgan fingerprint density at radius 3 is 2.20 bits per heavy atom. The Bertz CT molecular complexity index is 668. The number of likely N-dealkylation sites (N-methyl/N-ethyl adjacent to an activating group) is 1. The highest BCUT2D eigenvalue weighted by atomic mass is 16.5. The lowest BCUT2D eigenvalue weighted by atomic mass is 10.1. The molecule has 2 aromatic carbocycles. The van der Waals surface area contributed by atoms with Gasteiger partial charge >= 0.3 is 0 Å². The van der Waals surface area contributed by atoms with Gasteiger partial charge in [0, 0.05) is 13.7 Å². The molecule has 0 saturated carbocycles. The normalized spacial score (nSPS) is 10.3. The maximum atomic E-state index is 11.2. The van der Waals surface area contributed by atoms with Crippen LogP contribution in [0.1, 0.15) is 12.8 Å². The maximum Gasteiger partial charge on any atom is 0.289 e. The fourth-order valence-electron chi connectivity index (χ4n) is 2.24. The fourth-order valence-corrected chi connectivity index (χ4v) is 2.24. The summed E-state index contributed by atoms with van der Waals surface area (Å²) in [7, 11) is 1.42. The van der Waals surface area contributed by atoms with Crippen molar-refractivity contribution >= 4 is 11.7 Å². The Morgan fingerprint density at radius 1 is 0.880 bits per heavy atom. The molecule has 132 valence electrons. The Hall–Kier alpha value is -2.66. The van der Waals surface area contributed by atoms with Crippen LogP contribution < -0.4 is 10.1 Å². The van der Waals surface area contributed by atoms with E-state index in [2.05, 4.69) is 17.4 Å². The van der Waals surface area contributed by atoms with Gasteiger partial charge in [0.25, 0.3) is 5.91 Å². The lowest BCUT2D eigenvalue weighted by Crippen LogP contribution is -2.30. The monoisotopic (exact) mass is 341 g/mol. The predicted octanol–water partition coefficient (Wildman–Crippen LogP) is 2.84. The van der Waals surface area contributed by atoms with E-state index in [0.717, 1.165) is 24.2 Å². The Labute approximate surface area is 148 Å². The number of unbranched alkanes of at least 4 members (excludes halogenated alkanes) is 1. The Kier molecular flexibility index (Phi) is 7.66. The van der Waals surface area contributed by atoms with Gasteiger partial charge in [-0.1, -0.05) is 42.5 Å². The van der Waals surface area contributed by atoms with Crippen LogP contribution in [-0.4, -0.2) is 38.6 Å². The van der Waals surface area contributed by atoms with Crippen molar-refractivity contribution in [2.45, 2.75) is 12.8 Å². The summed E-state index contributed by atoms with van der Waals surface area (Å²) in [6, 6.07) is 18.2. The number of ketones is 1. The van der Waals surface area contributed by atoms with Gasteiger partial charge in [0.15, 0.2) is 0 Å². The molecule has 1 N–H and O–H groups in total. The van der Waals surface area contributed by atoms with Crippen molar-refractivity contribution in [3.63, 3.8) is 0 Å². The van der Waals surface area contributed by atoms with Gasteiger partial charge in [-0.05, 0) is 36.1 Å². The molecule has 5 nitrogen and oxygen atoms in total. The van der Waals surface area contributed by atoms with Gasteiger partial charge in [-0.3, -0.25) is 9.59 Å². The van der Waals surface area contributed by atoms with Crippen molar-refractivity contribution in [3.05, 3.63) is 54.6 Å². The van der Waals surface area contributed by atoms with E-state index >= 15 is 0 Å². The van der Waals surface area contributed by atoms with Gasteiger partial charge in [0.1, 0.15) is 12.4 Å². The smallest absolute Gasteiger partial charge is 0.289 e. The minimum atomic E-state index is -0.623. The van der Waals surface area contributed by atoms with Gasteiger partial charge in [0.05, 0.1) is 6.61 Å². The van der Waals surface area contributed by atoms with Crippen LogP contribution in [0.2, 0.25) is 0 Å². The van der Waals surface area contributed by atoms with E-state index in [0.29, 0.717) is 13.2 Å². The summed E-state index contributed by atoms with van der Waals surface area (Å²) in [6.45, 7) is 0.831. The third-order valence-corrected chi connectivity index (χ3v) is 3.63. The van der Waals surface area contributed by atoms with Crippen LogP contribution in [-0.2, 0) is 14.3 Å². The van der Waals surface area contributed by atoms with E-state index in [1.807, 2.05) is 42.5 Å². The zero-order valence-electron chi connectivity index (χ0n) is 14.4. The van der Waals surface area contributed by atoms with E-state index < -0.39 is 11.7 Å². The number of ether oxygens (including phenoxy) is 2. The summed E-state index contributed by atoms with van der Waals surface area (Å²) in [5.41, 5.74) is 2.33. The molecular formula is C20H23NO4. The van der Waals surface area contributed by atoms with E-state index in [4.69, 9.17) is 9.47 Å². The zero-order valence-corrected chi connectivity index (χ0v) is 14.4. The number of rotatable bonds is 10. The first-order valence-corrected chi connectivity index (χ1v) is 8.31. The van der Waals surface area contributed by atoms with Gasteiger partial charge in [-0.2, -0.15) is 0 Å². The average molecular weight is 341 g/mol. The number of hydrogen-bond acceptors (Lipinski definition) is 4. The van der Waals surface area contributed by atoms with Crippen LogP contribution in [0.5, 0.6) is 5.75 Å². The van der Waals surface area contributed by atoms with Gasteiger partial charge in [-0.15, -0.1) is 0 Å². The van der Waals surface area contributed by atoms with Crippen molar-refractivity contribution in [2.24, 2.45) is 0 Å². The van der Waals surface area contributed by atoms with E-state index in [9.17, 15) is 9.59 Å². The largest absolute Gasteiger partial charge is 0.494 e. The van der Waals surface area contributed by atoms with E-state index in [-0.39, 0.29) is 6.61 Å². The van der Waals surface area contributed by atoms with Crippen LogP contribution in [0.3, 0.4) is 0 Å². The summed E-state index contributed by atoms with van der Waals surface area (Å²) < 4.78 is 10.9. The van der Waals surface area contributed by atoms with E-state index in [1.165, 1.54) is 12.6 Å². The molecule has 2 rings (SSSR count). The molecule has 0 saturated heterocycles. The number of carbonyl (C=O) groups excluding carboxylic acids is 2. The Morgan fingerprint density at radius 2 is 1.52 bits per heavy atom. The standard InChI is InChI=1S/C20H23NO4/c1-21-20(23)19(22)15-24-13-5-6-14-25-18-11-9-17(10-12-18)16-7-3-2-4-8-16/h2-4,7-12H,5-6,13-15H2,1H3,(H,21,23). The van der Waals surface area contributed by atoms with Crippen LogP contribution in [0.15, 0.2) is 54.6 Å². The summed E-state index contributed by atoms with van der Waals surface area (Å²) in [5.74, 6) is -0.352. The van der Waals surface area contributed by atoms with Crippen LogP contribution in [0.25, 0.3) is 11.1 Å². The number of Topliss-reactive ketones (excluding diaryl/α,β-unsaturated/α-hetero) is 1. The lowest BCUT2D eigenvalue weighted by Gasteiger charge is -2.08. The average Bonchev–Trinajstić information content (AvgIpc) is 2.67. The van der Waals surface area contributed by atoms with Crippen LogP contribution >= 0.6 is 0 Å². The SMILES string of the molecule is CNC(=O)C(=O)COCCCCOc1ccc(-c2ccccc2)cc1. The first kappa shape index (κ1) is 18.7. The van der Waals surface area contributed by atoms with Crippen molar-refractivity contribution < 1.29 is 19.1 Å². The molecule has 0 unspecified atom stereocenters. The molecule has 0 aliphatic rings. The maximum absolute atomic E-state index is 11.2. The third kappa shape index (κ3) is 6.39. The first-order chi connectivity index (χ1) is 12.2. The van der Waals surface area contributed by atoms with Crippen molar-refractivity contribution in [1.82, 2.24) is 5.32 Å². The summed E-state index contributed by atoms with van der Waals surface area (Å²) >= 11 is 0. The molecule has 0 heterocycles. The molecule has 0 spiro atoms. The second-order valence-corrected chi connectivity index (χ2v) is 5.50. The minimum Gasteiger partial charge on any atom is -0.494 e. The van der Waals surface area contributed by atoms with Crippen LogP contribution in [0.4, 0.5) is 0 Å². The predicted molar refractivity (Wildman–Crippen MR) is 96.5 cm³/mol. The summed E-state index contributed by atoms with van der Waals surface area (Å²) in [4.78, 5) is 22.2. The van der Waals surface area contributed by atoms with Crippen molar-refractivity contribution in [3.8, 4) is 16.9 Å². The second kappa shape index (κ2) is 10.3. The summed E-state index contributed by atoms with van der Waals surface area (Å²) in [6.07, 6.45) is 1.58. The Balaban J connectivity index is 1.61. The highest BCUT2D eigenvalue weighted by Crippen LogP contribution is 2.22. The topological polar surface area (TPSA) is 64.6 Å². The molecule has 0 aromatic heterocycles.